The van der Waals surface area contributed by atoms with E-state index in [9.17, 15) is 0 Å². The lowest BCUT2D eigenvalue weighted by atomic mass is 9.53. The highest BCUT2D eigenvalue weighted by atomic mass is 28.4. The van der Waals surface area contributed by atoms with Gasteiger partial charge in [0.05, 0.1) is 11.7 Å². The molecule has 0 N–H and O–H groups in total. The molecule has 4 aliphatic rings. The fraction of sp³-hybridized carbons (Fsp3) is 1.00. The summed E-state index contributed by atoms with van der Waals surface area (Å²) in [5.41, 5.74) is 0.0828. The summed E-state index contributed by atoms with van der Waals surface area (Å²) in [5.74, 6) is 2.62. The molecule has 0 aromatic rings. The second-order valence-electron chi connectivity index (χ2n) is 9.54. The average molecular weight is 313 g/mol. The first-order chi connectivity index (χ1) is 9.06. The van der Waals surface area contributed by atoms with Crippen LogP contribution in [0, 0.1) is 17.8 Å². The van der Waals surface area contributed by atoms with Crippen LogP contribution in [0.25, 0.3) is 0 Å². The van der Waals surface area contributed by atoms with Gasteiger partial charge in [-0.15, -0.1) is 0 Å². The lowest BCUT2D eigenvalue weighted by Gasteiger charge is -2.62. The number of rotatable bonds is 4. The van der Waals surface area contributed by atoms with E-state index in [-0.39, 0.29) is 5.60 Å². The summed E-state index contributed by atoms with van der Waals surface area (Å²) in [4.78, 5) is 0. The largest absolute Gasteiger partial charge is 0.412 e. The van der Waals surface area contributed by atoms with Crippen LogP contribution in [0.5, 0.6) is 0 Å². The van der Waals surface area contributed by atoms with Gasteiger partial charge in [-0.2, -0.15) is 0 Å². The molecule has 0 saturated heterocycles. The molecular weight excluding hydrogens is 280 g/mol. The second-order valence-corrected chi connectivity index (χ2v) is 18.4. The number of hydrogen-bond donors (Lipinski definition) is 0. The zero-order chi connectivity index (χ0) is 14.8. The summed E-state index contributed by atoms with van der Waals surface area (Å²) in [6, 6.07) is 0. The monoisotopic (exact) mass is 312 g/mol. The highest BCUT2D eigenvalue weighted by Gasteiger charge is 2.60. The van der Waals surface area contributed by atoms with E-state index >= 15 is 0 Å². The van der Waals surface area contributed by atoms with Crippen molar-refractivity contribution in [1.82, 2.24) is 0 Å². The van der Waals surface area contributed by atoms with Crippen molar-refractivity contribution in [3.8, 4) is 0 Å². The molecule has 4 heteroatoms. The van der Waals surface area contributed by atoms with Crippen LogP contribution in [0.2, 0.25) is 39.3 Å². The Kier molecular flexibility index (Phi) is 3.56. The van der Waals surface area contributed by atoms with E-state index < -0.39 is 16.6 Å². The summed E-state index contributed by atoms with van der Waals surface area (Å²) < 4.78 is 13.5. The zero-order valence-electron chi connectivity index (χ0n) is 14.2. The fourth-order valence-corrected chi connectivity index (χ4v) is 7.93. The van der Waals surface area contributed by atoms with Crippen LogP contribution >= 0.6 is 0 Å². The Bertz CT molecular complexity index is 369. The Morgan fingerprint density at radius 2 is 1.35 bits per heavy atom. The second kappa shape index (κ2) is 4.67. The van der Waals surface area contributed by atoms with Crippen molar-refractivity contribution in [2.24, 2.45) is 17.8 Å². The first kappa shape index (κ1) is 15.3. The Labute approximate surface area is 126 Å². The van der Waals surface area contributed by atoms with Crippen LogP contribution in [-0.4, -0.2) is 28.3 Å². The van der Waals surface area contributed by atoms with Crippen LogP contribution in [0.1, 0.15) is 32.1 Å². The van der Waals surface area contributed by atoms with Gasteiger partial charge < -0.3 is 8.85 Å². The molecule has 20 heavy (non-hydrogen) atoms. The minimum Gasteiger partial charge on any atom is -0.412 e. The van der Waals surface area contributed by atoms with Crippen molar-refractivity contribution in [2.45, 2.75) is 83.1 Å². The molecule has 0 aliphatic heterocycles. The molecular formula is C16H32O2Si2. The molecule has 116 valence electrons. The van der Waals surface area contributed by atoms with Gasteiger partial charge in [-0.05, 0) is 89.1 Å². The topological polar surface area (TPSA) is 18.5 Å². The van der Waals surface area contributed by atoms with E-state index in [1.54, 1.807) is 0 Å². The first-order valence-electron chi connectivity index (χ1n) is 8.44. The maximum Gasteiger partial charge on any atom is 0.184 e. The minimum absolute atomic E-state index is 0.0828. The Balaban J connectivity index is 1.89. The van der Waals surface area contributed by atoms with Crippen molar-refractivity contribution >= 4 is 16.6 Å². The van der Waals surface area contributed by atoms with Crippen molar-refractivity contribution in [2.75, 3.05) is 0 Å². The normalized spacial score (nSPS) is 44.1. The van der Waals surface area contributed by atoms with Gasteiger partial charge >= 0.3 is 0 Å². The Morgan fingerprint density at radius 3 is 1.80 bits per heavy atom. The van der Waals surface area contributed by atoms with Gasteiger partial charge in [0, 0.05) is 0 Å². The molecule has 2 nitrogen and oxygen atoms in total. The van der Waals surface area contributed by atoms with Crippen LogP contribution in [0.15, 0.2) is 0 Å². The van der Waals surface area contributed by atoms with E-state index in [0.717, 1.165) is 17.8 Å². The van der Waals surface area contributed by atoms with Gasteiger partial charge in [-0.3, -0.25) is 0 Å². The summed E-state index contributed by atoms with van der Waals surface area (Å²) in [7, 11) is -3.03. The lowest BCUT2D eigenvalue weighted by molar-refractivity contribution is -0.187. The van der Waals surface area contributed by atoms with Crippen molar-refractivity contribution < 1.29 is 8.85 Å². The third-order valence-electron chi connectivity index (χ3n) is 5.14. The van der Waals surface area contributed by atoms with Crippen molar-refractivity contribution in [3.63, 3.8) is 0 Å². The molecule has 0 radical (unpaired) electrons. The van der Waals surface area contributed by atoms with Gasteiger partial charge in [-0.25, -0.2) is 0 Å². The van der Waals surface area contributed by atoms with E-state index in [1.165, 1.54) is 32.1 Å². The summed E-state index contributed by atoms with van der Waals surface area (Å²) in [6.45, 7) is 14.0. The van der Waals surface area contributed by atoms with E-state index in [2.05, 4.69) is 39.3 Å². The van der Waals surface area contributed by atoms with Gasteiger partial charge in [-0.1, -0.05) is 0 Å². The molecule has 0 spiro atoms. The van der Waals surface area contributed by atoms with Crippen LogP contribution < -0.4 is 0 Å². The standard InChI is InChI=1S/C16H32O2Si2/c1-19(2,3)17-15-14-8-12-7-13(9-14)11-16(15,10-12)18-20(4,5)6/h12-15H,7-11H2,1-6H3/t12?,13?,14?,15-,16?/m1/s1. The van der Waals surface area contributed by atoms with Gasteiger partial charge in [0.1, 0.15) is 0 Å². The smallest absolute Gasteiger partial charge is 0.184 e. The van der Waals surface area contributed by atoms with Gasteiger partial charge in [0.15, 0.2) is 16.6 Å². The maximum atomic E-state index is 6.83. The lowest BCUT2D eigenvalue weighted by Crippen LogP contribution is -2.66. The molecule has 4 saturated carbocycles. The molecule has 0 aromatic carbocycles. The zero-order valence-corrected chi connectivity index (χ0v) is 16.2. The molecule has 4 fully saturated rings. The maximum absolute atomic E-state index is 6.83. The average Bonchev–Trinajstić information content (AvgIpc) is 2.18. The van der Waals surface area contributed by atoms with Crippen molar-refractivity contribution in [3.05, 3.63) is 0 Å². The van der Waals surface area contributed by atoms with Crippen LogP contribution in [0.4, 0.5) is 0 Å². The van der Waals surface area contributed by atoms with Crippen LogP contribution in [-0.2, 0) is 8.85 Å². The predicted molar refractivity (Wildman–Crippen MR) is 88.9 cm³/mol. The molecule has 2 unspecified atom stereocenters. The third-order valence-corrected chi connectivity index (χ3v) is 7.12. The van der Waals surface area contributed by atoms with Gasteiger partial charge in [0.25, 0.3) is 0 Å². The minimum atomic E-state index is -1.52. The molecule has 4 aliphatic carbocycles. The quantitative estimate of drug-likeness (QED) is 0.704. The molecule has 3 atom stereocenters. The molecule has 4 bridgehead atoms. The van der Waals surface area contributed by atoms with E-state index in [0.29, 0.717) is 6.10 Å². The van der Waals surface area contributed by atoms with Crippen LogP contribution in [0.3, 0.4) is 0 Å². The SMILES string of the molecule is C[Si](C)(C)O[C@@H]1C2CC3CC(C2)CC1(O[Si](C)(C)C)C3. The fourth-order valence-electron chi connectivity index (χ4n) is 5.26. The van der Waals surface area contributed by atoms with E-state index in [4.69, 9.17) is 8.85 Å². The molecule has 0 amide bonds. The van der Waals surface area contributed by atoms with Gasteiger partial charge in [0.2, 0.25) is 0 Å². The summed E-state index contributed by atoms with van der Waals surface area (Å²) >= 11 is 0. The summed E-state index contributed by atoms with van der Waals surface area (Å²) in [6.07, 6.45) is 7.23. The predicted octanol–water partition coefficient (Wildman–Crippen LogP) is 4.64. The highest BCUT2D eigenvalue weighted by molar-refractivity contribution is 6.70. The molecule has 4 rings (SSSR count). The number of hydrogen-bond acceptors (Lipinski definition) is 2. The Hall–Kier alpha value is 0.354. The van der Waals surface area contributed by atoms with E-state index in [1.807, 2.05) is 0 Å². The third kappa shape index (κ3) is 2.94. The Morgan fingerprint density at radius 1 is 0.800 bits per heavy atom. The first-order valence-corrected chi connectivity index (χ1v) is 15.3. The van der Waals surface area contributed by atoms with Crippen molar-refractivity contribution in [1.29, 1.82) is 0 Å². The molecule has 0 aromatic heterocycles. The highest BCUT2D eigenvalue weighted by Crippen LogP contribution is 2.59. The molecule has 0 heterocycles. The summed E-state index contributed by atoms with van der Waals surface area (Å²) in [5, 5.41) is 0.